The van der Waals surface area contributed by atoms with Crippen LogP contribution in [0, 0.1) is 5.95 Å². The zero-order chi connectivity index (χ0) is 13.2. The number of hydrogen-bond donors (Lipinski definition) is 0. The van der Waals surface area contributed by atoms with Crippen LogP contribution >= 0.6 is 11.8 Å². The number of amidine groups is 1. The van der Waals surface area contributed by atoms with Gasteiger partial charge in [0.25, 0.3) is 0 Å². The van der Waals surface area contributed by atoms with E-state index in [4.69, 9.17) is 0 Å². The first kappa shape index (κ1) is 12.7. The quantitative estimate of drug-likeness (QED) is 0.735. The fraction of sp³-hybridized carbons (Fsp3) is 0.538. The van der Waals surface area contributed by atoms with Crippen LogP contribution in [0.2, 0.25) is 0 Å². The van der Waals surface area contributed by atoms with Crippen molar-refractivity contribution in [1.29, 1.82) is 0 Å². The number of rotatable bonds is 1. The van der Waals surface area contributed by atoms with Crippen LogP contribution in [-0.4, -0.2) is 53.0 Å². The van der Waals surface area contributed by atoms with Gasteiger partial charge >= 0.3 is 0 Å². The van der Waals surface area contributed by atoms with Gasteiger partial charge in [-0.25, -0.2) is 4.98 Å². The summed E-state index contributed by atoms with van der Waals surface area (Å²) in [4.78, 5) is 13.0. The van der Waals surface area contributed by atoms with Crippen molar-refractivity contribution < 1.29 is 4.39 Å². The van der Waals surface area contributed by atoms with Crippen molar-refractivity contribution in [1.82, 2.24) is 9.88 Å². The molecule has 0 radical (unpaired) electrons. The number of pyridine rings is 1. The average molecular weight is 280 g/mol. The third-order valence-electron chi connectivity index (χ3n) is 3.36. The van der Waals surface area contributed by atoms with E-state index >= 15 is 0 Å². The van der Waals surface area contributed by atoms with Crippen molar-refractivity contribution in [3.05, 3.63) is 24.1 Å². The first-order chi connectivity index (χ1) is 9.22. The molecule has 3 heterocycles. The molecule has 102 valence electrons. The van der Waals surface area contributed by atoms with Gasteiger partial charge in [-0.3, -0.25) is 4.99 Å². The Morgan fingerprint density at radius 3 is 2.58 bits per heavy atom. The highest BCUT2D eigenvalue weighted by Gasteiger charge is 2.25. The second kappa shape index (κ2) is 5.36. The summed E-state index contributed by atoms with van der Waals surface area (Å²) < 4.78 is 13.1. The van der Waals surface area contributed by atoms with Gasteiger partial charge in [-0.1, -0.05) is 24.8 Å². The van der Waals surface area contributed by atoms with Crippen molar-refractivity contribution in [3.63, 3.8) is 0 Å². The number of aliphatic imine (C=N–C) groups is 1. The highest BCUT2D eigenvalue weighted by atomic mass is 32.2. The minimum atomic E-state index is -0.413. The Bertz CT molecular complexity index is 485. The van der Waals surface area contributed by atoms with E-state index in [1.807, 2.05) is 17.8 Å². The first-order valence-electron chi connectivity index (χ1n) is 6.56. The Hall–Kier alpha value is -1.30. The van der Waals surface area contributed by atoms with Gasteiger partial charge < -0.3 is 9.80 Å². The summed E-state index contributed by atoms with van der Waals surface area (Å²) in [5.74, 6) is 0.318. The summed E-state index contributed by atoms with van der Waals surface area (Å²) in [6.45, 7) is 6.71. The van der Waals surface area contributed by atoms with Crippen molar-refractivity contribution in [2.45, 2.75) is 12.2 Å². The lowest BCUT2D eigenvalue weighted by molar-refractivity contribution is 0.390. The van der Waals surface area contributed by atoms with Crippen LogP contribution in [0.25, 0.3) is 0 Å². The Balaban J connectivity index is 1.60. The SMILES string of the molecule is C[C@@H]1CN=C(N2CCN(c3cccc(F)n3)CC2)S1. The minimum Gasteiger partial charge on any atom is -0.353 e. The molecule has 0 aliphatic carbocycles. The molecule has 1 saturated heterocycles. The third kappa shape index (κ3) is 2.83. The summed E-state index contributed by atoms with van der Waals surface area (Å²) >= 11 is 1.85. The number of hydrogen-bond acceptors (Lipinski definition) is 5. The molecule has 2 aliphatic heterocycles. The van der Waals surface area contributed by atoms with Crippen molar-refractivity contribution >= 4 is 22.7 Å². The topological polar surface area (TPSA) is 31.7 Å². The Labute approximate surface area is 116 Å². The highest BCUT2D eigenvalue weighted by molar-refractivity contribution is 8.14. The second-order valence-electron chi connectivity index (χ2n) is 4.84. The van der Waals surface area contributed by atoms with Crippen LogP contribution in [0.15, 0.2) is 23.2 Å². The lowest BCUT2D eigenvalue weighted by Gasteiger charge is -2.36. The molecule has 0 aromatic carbocycles. The van der Waals surface area contributed by atoms with Gasteiger partial charge in [-0.15, -0.1) is 0 Å². The second-order valence-corrected chi connectivity index (χ2v) is 6.25. The van der Waals surface area contributed by atoms with Crippen LogP contribution in [0.5, 0.6) is 0 Å². The summed E-state index contributed by atoms with van der Waals surface area (Å²) in [6, 6.07) is 4.95. The molecule has 6 heteroatoms. The fourth-order valence-corrected chi connectivity index (χ4v) is 3.33. The highest BCUT2D eigenvalue weighted by Crippen LogP contribution is 2.24. The van der Waals surface area contributed by atoms with Crippen molar-refractivity contribution in [3.8, 4) is 0 Å². The molecule has 0 bridgehead atoms. The van der Waals surface area contributed by atoms with Crippen molar-refractivity contribution in [2.24, 2.45) is 4.99 Å². The maximum atomic E-state index is 13.1. The number of thioether (sulfide) groups is 1. The van der Waals surface area contributed by atoms with E-state index in [9.17, 15) is 4.39 Å². The van der Waals surface area contributed by atoms with E-state index in [2.05, 4.69) is 26.7 Å². The molecule has 0 spiro atoms. The van der Waals surface area contributed by atoms with Crippen LogP contribution in [-0.2, 0) is 0 Å². The summed E-state index contributed by atoms with van der Waals surface area (Å²) in [5, 5.41) is 1.76. The van der Waals surface area contributed by atoms with Gasteiger partial charge in [-0.05, 0) is 12.1 Å². The van der Waals surface area contributed by atoms with Gasteiger partial charge in [0.1, 0.15) is 5.82 Å². The molecule has 3 rings (SSSR count). The fourth-order valence-electron chi connectivity index (χ4n) is 2.34. The zero-order valence-corrected chi connectivity index (χ0v) is 11.7. The summed E-state index contributed by atoms with van der Waals surface area (Å²) in [5.41, 5.74) is 0. The van der Waals surface area contributed by atoms with Gasteiger partial charge in [0, 0.05) is 31.4 Å². The first-order valence-corrected chi connectivity index (χ1v) is 7.44. The van der Waals surface area contributed by atoms with E-state index < -0.39 is 5.95 Å². The molecule has 1 fully saturated rings. The molecule has 2 aliphatic rings. The van der Waals surface area contributed by atoms with Crippen LogP contribution < -0.4 is 4.90 Å². The number of piperazine rings is 1. The zero-order valence-electron chi connectivity index (χ0n) is 10.9. The van der Waals surface area contributed by atoms with Crippen molar-refractivity contribution in [2.75, 3.05) is 37.6 Å². The lowest BCUT2D eigenvalue weighted by atomic mass is 10.3. The predicted molar refractivity (Wildman–Crippen MR) is 77.3 cm³/mol. The van der Waals surface area contributed by atoms with E-state index in [1.54, 1.807) is 6.07 Å². The van der Waals surface area contributed by atoms with Crippen LogP contribution in [0.1, 0.15) is 6.92 Å². The average Bonchev–Trinajstić information content (AvgIpc) is 2.86. The molecule has 19 heavy (non-hydrogen) atoms. The molecule has 4 nitrogen and oxygen atoms in total. The molecule has 1 aromatic rings. The molecule has 0 saturated carbocycles. The van der Waals surface area contributed by atoms with E-state index in [0.29, 0.717) is 5.25 Å². The monoisotopic (exact) mass is 280 g/mol. The molecular formula is C13H17FN4S. The standard InChI is InChI=1S/C13H17FN4S/c1-10-9-15-13(19-10)18-7-5-17(6-8-18)12-4-2-3-11(14)16-12/h2-4,10H,5-9H2,1H3/t10-/m1/s1. The number of anilines is 1. The minimum absolute atomic E-state index is 0.413. The van der Waals surface area contributed by atoms with E-state index in [0.717, 1.165) is 38.5 Å². The summed E-state index contributed by atoms with van der Waals surface area (Å²) in [7, 11) is 0. The summed E-state index contributed by atoms with van der Waals surface area (Å²) in [6.07, 6.45) is 0. The molecule has 0 amide bonds. The van der Waals surface area contributed by atoms with Gasteiger partial charge in [0.05, 0.1) is 6.54 Å². The third-order valence-corrected chi connectivity index (χ3v) is 4.51. The maximum absolute atomic E-state index is 13.1. The number of nitrogens with zero attached hydrogens (tertiary/aromatic N) is 4. The van der Waals surface area contributed by atoms with Crippen LogP contribution in [0.4, 0.5) is 10.2 Å². The largest absolute Gasteiger partial charge is 0.353 e. The lowest BCUT2D eigenvalue weighted by Crippen LogP contribution is -2.48. The van der Waals surface area contributed by atoms with Gasteiger partial charge in [0.15, 0.2) is 5.17 Å². The number of halogens is 1. The Morgan fingerprint density at radius 1 is 1.21 bits per heavy atom. The molecular weight excluding hydrogens is 263 g/mol. The molecule has 1 aromatic heterocycles. The molecule has 0 unspecified atom stereocenters. The smallest absolute Gasteiger partial charge is 0.214 e. The van der Waals surface area contributed by atoms with E-state index in [1.165, 1.54) is 11.2 Å². The maximum Gasteiger partial charge on any atom is 0.214 e. The van der Waals surface area contributed by atoms with Crippen LogP contribution in [0.3, 0.4) is 0 Å². The van der Waals surface area contributed by atoms with Gasteiger partial charge in [-0.2, -0.15) is 4.39 Å². The number of aromatic nitrogens is 1. The van der Waals surface area contributed by atoms with Gasteiger partial charge in [0.2, 0.25) is 5.95 Å². The molecule has 0 N–H and O–H groups in total. The predicted octanol–water partition coefficient (Wildman–Crippen LogP) is 1.83. The molecule has 1 atom stereocenters. The Morgan fingerprint density at radius 2 is 1.95 bits per heavy atom. The Kier molecular flexibility index (Phi) is 3.59. The van der Waals surface area contributed by atoms with E-state index in [-0.39, 0.29) is 0 Å². The normalized spacial score (nSPS) is 23.7.